The zero-order valence-electron chi connectivity index (χ0n) is 66.5. The van der Waals surface area contributed by atoms with Gasteiger partial charge in [0.15, 0.2) is 12.2 Å². The summed E-state index contributed by atoms with van der Waals surface area (Å²) in [6.45, 7) is 14.3. The molecule has 0 amide bonds. The van der Waals surface area contributed by atoms with Crippen LogP contribution in [0.1, 0.15) is 421 Å². The number of phosphoric ester groups is 2. The van der Waals surface area contributed by atoms with Crippen LogP contribution in [-0.2, 0) is 65.4 Å². The molecule has 0 rings (SSSR count). The zero-order chi connectivity index (χ0) is 74.6. The van der Waals surface area contributed by atoms with E-state index in [1.54, 1.807) is 0 Å². The first kappa shape index (κ1) is 99.1. The number of phosphoric acid groups is 2. The first-order chi connectivity index (χ1) is 48.6. The first-order valence-electron chi connectivity index (χ1n) is 42.2. The fourth-order valence-corrected chi connectivity index (χ4v) is 14.2. The van der Waals surface area contributed by atoms with E-state index in [1.807, 2.05) is 0 Å². The van der Waals surface area contributed by atoms with E-state index in [-0.39, 0.29) is 25.7 Å². The molecule has 600 valence electrons. The second-order valence-electron chi connectivity index (χ2n) is 31.4. The number of hydrogen-bond donors (Lipinski definition) is 3. The van der Waals surface area contributed by atoms with Crippen molar-refractivity contribution in [3.8, 4) is 0 Å². The number of ether oxygens (including phenoxy) is 4. The lowest BCUT2D eigenvalue weighted by Gasteiger charge is -2.21. The maximum Gasteiger partial charge on any atom is 0.472 e. The molecule has 0 spiro atoms. The molecule has 0 aromatic heterocycles. The van der Waals surface area contributed by atoms with E-state index in [9.17, 15) is 43.2 Å². The number of unbranched alkanes of at least 4 members (excludes halogenated alkanes) is 45. The summed E-state index contributed by atoms with van der Waals surface area (Å²) in [4.78, 5) is 73.0. The zero-order valence-corrected chi connectivity index (χ0v) is 68.3. The van der Waals surface area contributed by atoms with Gasteiger partial charge in [0, 0.05) is 25.7 Å². The average Bonchev–Trinajstić information content (AvgIpc) is 0.948. The Morgan fingerprint density at radius 2 is 0.416 bits per heavy atom. The number of hydrogen-bond acceptors (Lipinski definition) is 15. The molecule has 0 radical (unpaired) electrons. The van der Waals surface area contributed by atoms with Crippen LogP contribution >= 0.6 is 15.6 Å². The second kappa shape index (κ2) is 71.0. The summed E-state index contributed by atoms with van der Waals surface area (Å²) in [6, 6.07) is 0. The Balaban J connectivity index is 5.23. The third-order valence-electron chi connectivity index (χ3n) is 19.1. The number of esters is 4. The maximum absolute atomic E-state index is 13.1. The van der Waals surface area contributed by atoms with E-state index in [0.29, 0.717) is 25.7 Å². The van der Waals surface area contributed by atoms with Crippen molar-refractivity contribution in [3.63, 3.8) is 0 Å². The van der Waals surface area contributed by atoms with Crippen molar-refractivity contribution in [2.24, 2.45) is 23.7 Å². The molecular weight excluding hydrogens is 1320 g/mol. The van der Waals surface area contributed by atoms with Crippen LogP contribution < -0.4 is 0 Å². The van der Waals surface area contributed by atoms with Gasteiger partial charge in [0.05, 0.1) is 26.4 Å². The van der Waals surface area contributed by atoms with Gasteiger partial charge in [0.25, 0.3) is 0 Å². The van der Waals surface area contributed by atoms with Crippen LogP contribution in [-0.4, -0.2) is 96.7 Å². The van der Waals surface area contributed by atoms with E-state index in [0.717, 1.165) is 114 Å². The Hall–Kier alpha value is -1.94. The monoisotopic (exact) mass is 1480 g/mol. The molecule has 0 aliphatic heterocycles. The van der Waals surface area contributed by atoms with Crippen molar-refractivity contribution in [2.75, 3.05) is 39.6 Å². The highest BCUT2D eigenvalue weighted by atomic mass is 31.2. The summed E-state index contributed by atoms with van der Waals surface area (Å²) in [6.07, 6.45) is 58.4. The van der Waals surface area contributed by atoms with Crippen molar-refractivity contribution in [1.29, 1.82) is 0 Å². The number of aliphatic hydroxyl groups is 1. The standard InChI is InChI=1S/C82H160O17P2/c1-72(2)58-50-42-34-26-21-17-13-9-11-15-19-23-29-38-46-54-62-79(84)92-68-77(98-81(86)64-56-48-40-30-24-20-16-12-10-14-18-22-27-35-43-51-59-73(3)4)70-96-100(88,89)94-66-76(83)67-95-101(90,91)97-71-78(69-93-80(85)63-55-47-39-33-32-37-45-53-61-75(7)8)99-82(87)65-57-49-41-31-25-28-36-44-52-60-74(5)6/h72-78,83H,9-71H2,1-8H3,(H,88,89)(H,90,91)/t76?,77-,78-/m1/s1. The topological polar surface area (TPSA) is 237 Å². The van der Waals surface area contributed by atoms with E-state index >= 15 is 0 Å². The predicted molar refractivity (Wildman–Crippen MR) is 414 cm³/mol. The summed E-state index contributed by atoms with van der Waals surface area (Å²) < 4.78 is 68.7. The third kappa shape index (κ3) is 76.1. The second-order valence-corrected chi connectivity index (χ2v) is 34.3. The Labute approximate surface area is 619 Å². The molecule has 0 aliphatic rings. The SMILES string of the molecule is CC(C)CCCCCCCCCCCCCCCCCCC(=O)OC[C@H](COP(=O)(O)OCC(O)COP(=O)(O)OC[C@@H](COC(=O)CCCCCCCCCCC(C)C)OC(=O)CCCCCCCCCCCC(C)C)OC(=O)CCCCCCCCCCCCCCCCCCC(C)C. The van der Waals surface area contributed by atoms with Gasteiger partial charge in [-0.1, -0.05) is 370 Å². The van der Waals surface area contributed by atoms with E-state index in [2.05, 4.69) is 55.4 Å². The molecule has 0 fully saturated rings. The quantitative estimate of drug-likeness (QED) is 0.0222. The molecule has 17 nitrogen and oxygen atoms in total. The summed E-state index contributed by atoms with van der Waals surface area (Å²) >= 11 is 0. The average molecular weight is 1480 g/mol. The minimum Gasteiger partial charge on any atom is -0.462 e. The molecule has 0 bridgehead atoms. The largest absolute Gasteiger partial charge is 0.472 e. The number of aliphatic hydroxyl groups excluding tert-OH is 1. The van der Waals surface area contributed by atoms with Crippen LogP contribution in [0.3, 0.4) is 0 Å². The van der Waals surface area contributed by atoms with Crippen LogP contribution in [0.15, 0.2) is 0 Å². The molecule has 19 heteroatoms. The number of rotatable bonds is 79. The van der Waals surface area contributed by atoms with E-state index < -0.39 is 97.5 Å². The van der Waals surface area contributed by atoms with Gasteiger partial charge in [-0.05, 0) is 49.4 Å². The van der Waals surface area contributed by atoms with Crippen LogP contribution in [0.2, 0.25) is 0 Å². The molecule has 0 aromatic rings. The van der Waals surface area contributed by atoms with Gasteiger partial charge in [-0.25, -0.2) is 9.13 Å². The van der Waals surface area contributed by atoms with Crippen molar-refractivity contribution in [1.82, 2.24) is 0 Å². The molecule has 0 aromatic carbocycles. The highest BCUT2D eigenvalue weighted by molar-refractivity contribution is 7.47. The highest BCUT2D eigenvalue weighted by Gasteiger charge is 2.30. The van der Waals surface area contributed by atoms with Gasteiger partial charge in [-0.3, -0.25) is 37.3 Å². The van der Waals surface area contributed by atoms with Crippen molar-refractivity contribution in [2.45, 2.75) is 440 Å². The van der Waals surface area contributed by atoms with Crippen molar-refractivity contribution >= 4 is 39.5 Å². The van der Waals surface area contributed by atoms with Crippen molar-refractivity contribution in [3.05, 3.63) is 0 Å². The Morgan fingerprint density at radius 1 is 0.248 bits per heavy atom. The molecule has 0 aliphatic carbocycles. The Bertz CT molecular complexity index is 1970. The van der Waals surface area contributed by atoms with Gasteiger partial charge in [-0.15, -0.1) is 0 Å². The first-order valence-corrected chi connectivity index (χ1v) is 45.2. The summed E-state index contributed by atoms with van der Waals surface area (Å²) in [5.41, 5.74) is 0. The number of carbonyl (C=O) groups excluding carboxylic acids is 4. The van der Waals surface area contributed by atoms with Crippen LogP contribution in [0.5, 0.6) is 0 Å². The molecular formula is C82H160O17P2. The summed E-state index contributed by atoms with van der Waals surface area (Å²) in [5, 5.41) is 10.6. The fourth-order valence-electron chi connectivity index (χ4n) is 12.6. The minimum atomic E-state index is -4.96. The fraction of sp³-hybridized carbons (Fsp3) is 0.951. The smallest absolute Gasteiger partial charge is 0.462 e. The van der Waals surface area contributed by atoms with Crippen LogP contribution in [0, 0.1) is 23.7 Å². The molecule has 0 heterocycles. The molecule has 3 N–H and O–H groups in total. The van der Waals surface area contributed by atoms with E-state index in [4.69, 9.17) is 37.0 Å². The molecule has 0 saturated heterocycles. The van der Waals surface area contributed by atoms with Crippen molar-refractivity contribution < 1.29 is 80.2 Å². The van der Waals surface area contributed by atoms with E-state index in [1.165, 1.54) is 225 Å². The highest BCUT2D eigenvalue weighted by Crippen LogP contribution is 2.45. The van der Waals surface area contributed by atoms with Crippen LogP contribution in [0.4, 0.5) is 0 Å². The van der Waals surface area contributed by atoms with Gasteiger partial charge < -0.3 is 33.8 Å². The lowest BCUT2D eigenvalue weighted by atomic mass is 10.0. The predicted octanol–water partition coefficient (Wildman–Crippen LogP) is 24.4. The van der Waals surface area contributed by atoms with Crippen LogP contribution in [0.25, 0.3) is 0 Å². The number of carbonyl (C=O) groups is 4. The minimum absolute atomic E-state index is 0.105. The lowest BCUT2D eigenvalue weighted by Crippen LogP contribution is -2.30. The third-order valence-corrected chi connectivity index (χ3v) is 21.0. The Morgan fingerprint density at radius 3 is 0.614 bits per heavy atom. The van der Waals surface area contributed by atoms with Gasteiger partial charge in [0.2, 0.25) is 0 Å². The molecule has 5 atom stereocenters. The van der Waals surface area contributed by atoms with Gasteiger partial charge in [-0.2, -0.15) is 0 Å². The maximum atomic E-state index is 13.1. The molecule has 3 unspecified atom stereocenters. The molecule has 101 heavy (non-hydrogen) atoms. The Kier molecular flexibility index (Phi) is 69.6. The lowest BCUT2D eigenvalue weighted by molar-refractivity contribution is -0.161. The molecule has 0 saturated carbocycles. The van der Waals surface area contributed by atoms with Gasteiger partial charge in [0.1, 0.15) is 19.3 Å². The van der Waals surface area contributed by atoms with Gasteiger partial charge >= 0.3 is 39.5 Å². The summed E-state index contributed by atoms with van der Waals surface area (Å²) in [5.74, 6) is 0.971. The summed E-state index contributed by atoms with van der Waals surface area (Å²) in [7, 11) is -9.92. The normalized spacial score (nSPS) is 14.0.